The molecule has 30 heavy (non-hydrogen) atoms. The van der Waals surface area contributed by atoms with Gasteiger partial charge in [0, 0.05) is 41.5 Å². The van der Waals surface area contributed by atoms with Crippen LogP contribution in [0.5, 0.6) is 0 Å². The maximum Gasteiger partial charge on any atom is 0.248 e. The molecule has 5 nitrogen and oxygen atoms in total. The van der Waals surface area contributed by atoms with Crippen LogP contribution < -0.4 is 5.32 Å². The van der Waals surface area contributed by atoms with Crippen LogP contribution in [0.25, 0.3) is 23.0 Å². The first-order chi connectivity index (χ1) is 14.6. The van der Waals surface area contributed by atoms with Gasteiger partial charge < -0.3 is 5.32 Å². The van der Waals surface area contributed by atoms with Gasteiger partial charge in [-0.15, -0.1) is 0 Å². The topological polar surface area (TPSA) is 59.8 Å². The molecule has 0 aliphatic heterocycles. The lowest BCUT2D eigenvalue weighted by molar-refractivity contribution is -0.111. The first-order valence-electron chi connectivity index (χ1n) is 9.72. The second-order valence-electron chi connectivity index (χ2n) is 7.10. The predicted molar refractivity (Wildman–Crippen MR) is 120 cm³/mol. The largest absolute Gasteiger partial charge is 0.322 e. The molecule has 2 heterocycles. The van der Waals surface area contributed by atoms with Gasteiger partial charge in [-0.25, -0.2) is 4.68 Å². The second kappa shape index (κ2) is 8.57. The number of hydrogen-bond donors (Lipinski definition) is 1. The maximum absolute atomic E-state index is 12.5. The van der Waals surface area contributed by atoms with Gasteiger partial charge in [0.15, 0.2) is 0 Å². The molecule has 2 aromatic heterocycles. The Morgan fingerprint density at radius 2 is 1.87 bits per heavy atom. The van der Waals surface area contributed by atoms with E-state index in [9.17, 15) is 4.79 Å². The zero-order chi connectivity index (χ0) is 20.9. The van der Waals surface area contributed by atoms with Crippen molar-refractivity contribution in [1.82, 2.24) is 14.8 Å². The lowest BCUT2D eigenvalue weighted by Crippen LogP contribution is -2.09. The average molecular weight is 394 g/mol. The summed E-state index contributed by atoms with van der Waals surface area (Å²) in [4.78, 5) is 16.7. The van der Waals surface area contributed by atoms with Gasteiger partial charge in [-0.05, 0) is 61.4 Å². The van der Waals surface area contributed by atoms with Crippen LogP contribution in [0.4, 0.5) is 5.69 Å². The standard InChI is InChI=1S/C25H22N4O/c1-18-10-11-19(2)23(15-18)27-24(30)13-12-21-17-29(22-8-4-3-5-9-22)28-25(21)20-7-6-14-26-16-20/h3-17H,1-2H3,(H,27,30)/b13-12+. The van der Waals surface area contributed by atoms with Gasteiger partial charge in [0.25, 0.3) is 0 Å². The fraction of sp³-hybridized carbons (Fsp3) is 0.0800. The molecule has 0 bridgehead atoms. The molecule has 0 unspecified atom stereocenters. The number of aromatic nitrogens is 3. The van der Waals surface area contributed by atoms with E-state index in [2.05, 4.69) is 10.3 Å². The van der Waals surface area contributed by atoms with Crippen molar-refractivity contribution >= 4 is 17.7 Å². The lowest BCUT2D eigenvalue weighted by Gasteiger charge is -2.07. The lowest BCUT2D eigenvalue weighted by atomic mass is 10.1. The van der Waals surface area contributed by atoms with E-state index in [0.717, 1.165) is 39.3 Å². The third-order valence-corrected chi connectivity index (χ3v) is 4.76. The van der Waals surface area contributed by atoms with Crippen molar-refractivity contribution in [3.63, 3.8) is 0 Å². The number of hydrogen-bond acceptors (Lipinski definition) is 3. The van der Waals surface area contributed by atoms with Crippen molar-refractivity contribution in [2.45, 2.75) is 13.8 Å². The summed E-state index contributed by atoms with van der Waals surface area (Å²) in [5, 5.41) is 7.69. The SMILES string of the molecule is Cc1ccc(C)c(NC(=O)/C=C/c2cn(-c3ccccc3)nc2-c2cccnc2)c1. The van der Waals surface area contributed by atoms with Crippen molar-refractivity contribution in [2.24, 2.45) is 0 Å². The molecule has 0 saturated carbocycles. The molecule has 4 rings (SSSR count). The number of pyridine rings is 1. The Morgan fingerprint density at radius 1 is 1.03 bits per heavy atom. The van der Waals surface area contributed by atoms with Crippen LogP contribution in [0, 0.1) is 13.8 Å². The summed E-state index contributed by atoms with van der Waals surface area (Å²) in [7, 11) is 0. The summed E-state index contributed by atoms with van der Waals surface area (Å²) >= 11 is 0. The summed E-state index contributed by atoms with van der Waals surface area (Å²) in [6.07, 6.45) is 8.73. The van der Waals surface area contributed by atoms with Gasteiger partial charge in [-0.2, -0.15) is 5.10 Å². The minimum Gasteiger partial charge on any atom is -0.322 e. The van der Waals surface area contributed by atoms with Crippen LogP contribution in [-0.2, 0) is 4.79 Å². The van der Waals surface area contributed by atoms with Gasteiger partial charge in [-0.1, -0.05) is 30.3 Å². The zero-order valence-corrected chi connectivity index (χ0v) is 16.9. The van der Waals surface area contributed by atoms with Crippen LogP contribution in [0.1, 0.15) is 16.7 Å². The quantitative estimate of drug-likeness (QED) is 0.473. The van der Waals surface area contributed by atoms with E-state index in [1.807, 2.05) is 85.4 Å². The summed E-state index contributed by atoms with van der Waals surface area (Å²) in [6, 6.07) is 19.7. The fourth-order valence-electron chi connectivity index (χ4n) is 3.16. The Balaban J connectivity index is 1.64. The number of benzene rings is 2. The summed E-state index contributed by atoms with van der Waals surface area (Å²) < 4.78 is 1.81. The normalized spacial score (nSPS) is 11.0. The van der Waals surface area contributed by atoms with Gasteiger partial charge in [0.05, 0.1) is 5.69 Å². The van der Waals surface area contributed by atoms with Gasteiger partial charge >= 0.3 is 0 Å². The maximum atomic E-state index is 12.5. The van der Waals surface area contributed by atoms with Crippen LogP contribution in [0.15, 0.2) is 85.3 Å². The van der Waals surface area contributed by atoms with Crippen molar-refractivity contribution in [2.75, 3.05) is 5.32 Å². The number of aryl methyl sites for hydroxylation is 2. The number of para-hydroxylation sites is 1. The van der Waals surface area contributed by atoms with E-state index in [0.29, 0.717) is 0 Å². The number of rotatable bonds is 5. The van der Waals surface area contributed by atoms with Gasteiger partial charge in [0.2, 0.25) is 5.91 Å². The van der Waals surface area contributed by atoms with Crippen molar-refractivity contribution in [1.29, 1.82) is 0 Å². The Hall–Kier alpha value is -3.99. The minimum absolute atomic E-state index is 0.187. The van der Waals surface area contributed by atoms with Gasteiger partial charge in [-0.3, -0.25) is 9.78 Å². The van der Waals surface area contributed by atoms with Gasteiger partial charge in [0.1, 0.15) is 5.69 Å². The average Bonchev–Trinajstić information content (AvgIpc) is 3.20. The molecule has 0 spiro atoms. The molecule has 2 aromatic carbocycles. The van der Waals surface area contributed by atoms with E-state index in [4.69, 9.17) is 5.10 Å². The van der Waals surface area contributed by atoms with E-state index in [-0.39, 0.29) is 5.91 Å². The van der Waals surface area contributed by atoms with Crippen molar-refractivity contribution < 1.29 is 4.79 Å². The molecular weight excluding hydrogens is 372 g/mol. The Morgan fingerprint density at radius 3 is 2.63 bits per heavy atom. The first-order valence-corrected chi connectivity index (χ1v) is 9.72. The molecule has 1 amide bonds. The Bertz CT molecular complexity index is 1190. The number of nitrogens with zero attached hydrogens (tertiary/aromatic N) is 3. The molecular formula is C25H22N4O. The highest BCUT2D eigenvalue weighted by Crippen LogP contribution is 2.24. The molecule has 5 heteroatoms. The molecule has 4 aromatic rings. The highest BCUT2D eigenvalue weighted by Gasteiger charge is 2.11. The summed E-state index contributed by atoms with van der Waals surface area (Å²) in [5.74, 6) is -0.187. The molecule has 0 radical (unpaired) electrons. The third-order valence-electron chi connectivity index (χ3n) is 4.76. The smallest absolute Gasteiger partial charge is 0.248 e. The number of carbonyl (C=O) groups excluding carboxylic acids is 1. The summed E-state index contributed by atoms with van der Waals surface area (Å²) in [6.45, 7) is 3.98. The Kier molecular flexibility index (Phi) is 5.52. The summed E-state index contributed by atoms with van der Waals surface area (Å²) in [5.41, 5.74) is 6.38. The third kappa shape index (κ3) is 4.36. The Labute approximate surface area is 175 Å². The minimum atomic E-state index is -0.187. The molecule has 0 atom stereocenters. The van der Waals surface area contributed by atoms with Crippen molar-refractivity contribution in [3.8, 4) is 16.9 Å². The van der Waals surface area contributed by atoms with E-state index in [1.165, 1.54) is 6.08 Å². The first kappa shape index (κ1) is 19.3. The molecule has 148 valence electrons. The molecule has 0 aliphatic rings. The number of amides is 1. The molecule has 0 aliphatic carbocycles. The number of nitrogens with one attached hydrogen (secondary N) is 1. The van der Waals surface area contributed by atoms with E-state index in [1.54, 1.807) is 18.5 Å². The second-order valence-corrected chi connectivity index (χ2v) is 7.10. The molecule has 0 saturated heterocycles. The highest BCUT2D eigenvalue weighted by atomic mass is 16.1. The number of carbonyl (C=O) groups is 1. The van der Waals surface area contributed by atoms with Crippen LogP contribution in [0.2, 0.25) is 0 Å². The van der Waals surface area contributed by atoms with E-state index < -0.39 is 0 Å². The number of anilines is 1. The highest BCUT2D eigenvalue weighted by molar-refractivity contribution is 6.02. The molecule has 1 N–H and O–H groups in total. The van der Waals surface area contributed by atoms with Crippen LogP contribution in [0.3, 0.4) is 0 Å². The van der Waals surface area contributed by atoms with Crippen molar-refractivity contribution in [3.05, 3.63) is 102 Å². The predicted octanol–water partition coefficient (Wildman–Crippen LogP) is 5.20. The zero-order valence-electron chi connectivity index (χ0n) is 16.9. The van der Waals surface area contributed by atoms with Crippen LogP contribution in [-0.4, -0.2) is 20.7 Å². The monoisotopic (exact) mass is 394 g/mol. The fourth-order valence-corrected chi connectivity index (χ4v) is 3.16. The molecule has 0 fully saturated rings. The van der Waals surface area contributed by atoms with E-state index >= 15 is 0 Å². The van der Waals surface area contributed by atoms with Crippen LogP contribution >= 0.6 is 0 Å².